The van der Waals surface area contributed by atoms with Crippen molar-refractivity contribution in [2.24, 2.45) is 28.1 Å². The van der Waals surface area contributed by atoms with Gasteiger partial charge in [-0.2, -0.15) is 0 Å². The van der Waals surface area contributed by atoms with Gasteiger partial charge in [0.25, 0.3) is 0 Å². The quantitative estimate of drug-likeness (QED) is 0.644. The molecule has 0 aliphatic heterocycles. The van der Waals surface area contributed by atoms with Gasteiger partial charge in [-0.15, -0.1) is 0 Å². The lowest BCUT2D eigenvalue weighted by Crippen LogP contribution is -2.65. The molecule has 4 aliphatic rings. The zero-order chi connectivity index (χ0) is 18.1. The van der Waals surface area contributed by atoms with Gasteiger partial charge >= 0.3 is 6.03 Å². The molecule has 2 N–H and O–H groups in total. The average Bonchev–Trinajstić information content (AvgIpc) is 2.71. The monoisotopic (exact) mass is 344 g/mol. The van der Waals surface area contributed by atoms with Crippen molar-refractivity contribution < 1.29 is 4.79 Å². The van der Waals surface area contributed by atoms with Crippen LogP contribution in [0.25, 0.3) is 0 Å². The Morgan fingerprint density at radius 1 is 1.08 bits per heavy atom. The molecule has 4 fully saturated rings. The Labute approximate surface area is 153 Å². The molecule has 0 aromatic rings. The summed E-state index contributed by atoms with van der Waals surface area (Å²) in [6.07, 6.45) is 11.6. The zero-order valence-corrected chi connectivity index (χ0v) is 16.6. The van der Waals surface area contributed by atoms with E-state index < -0.39 is 0 Å². The van der Waals surface area contributed by atoms with Crippen molar-refractivity contribution in [1.82, 2.24) is 10.6 Å². The van der Waals surface area contributed by atoms with Gasteiger partial charge < -0.3 is 10.6 Å². The van der Waals surface area contributed by atoms with Crippen LogP contribution in [0.3, 0.4) is 0 Å². The fraction of sp³-hybridized carbons (Fsp3) is 0.864. The number of allylic oxidation sites excluding steroid dienone is 1. The minimum Gasteiger partial charge on any atom is -0.341 e. The van der Waals surface area contributed by atoms with Gasteiger partial charge in [0.1, 0.15) is 0 Å². The molecule has 0 aromatic heterocycles. The lowest BCUT2D eigenvalue weighted by atomic mass is 9.41. The fourth-order valence-corrected chi connectivity index (χ4v) is 8.15. The molecule has 3 nitrogen and oxygen atoms in total. The van der Waals surface area contributed by atoms with Crippen molar-refractivity contribution in [2.75, 3.05) is 7.05 Å². The highest BCUT2D eigenvalue weighted by Crippen LogP contribution is 2.73. The molecule has 25 heavy (non-hydrogen) atoms. The average molecular weight is 345 g/mol. The Morgan fingerprint density at radius 2 is 1.80 bits per heavy atom. The summed E-state index contributed by atoms with van der Waals surface area (Å²) >= 11 is 0. The van der Waals surface area contributed by atoms with Crippen LogP contribution in [-0.2, 0) is 0 Å². The van der Waals surface area contributed by atoms with Crippen LogP contribution in [0.15, 0.2) is 12.2 Å². The van der Waals surface area contributed by atoms with Gasteiger partial charge in [0.05, 0.1) is 0 Å². The summed E-state index contributed by atoms with van der Waals surface area (Å²) in [6, 6.07) is -0.0162. The van der Waals surface area contributed by atoms with Gasteiger partial charge in [-0.1, -0.05) is 32.4 Å². The highest BCUT2D eigenvalue weighted by atomic mass is 16.2. The molecule has 0 radical (unpaired) electrons. The van der Waals surface area contributed by atoms with E-state index in [-0.39, 0.29) is 11.6 Å². The number of rotatable bonds is 1. The molecule has 2 amide bonds. The largest absolute Gasteiger partial charge is 0.341 e. The molecular weight excluding hydrogens is 308 g/mol. The van der Waals surface area contributed by atoms with E-state index in [1.54, 1.807) is 7.05 Å². The van der Waals surface area contributed by atoms with E-state index in [1.807, 2.05) is 0 Å². The molecule has 4 aliphatic carbocycles. The maximum atomic E-state index is 12.1. The van der Waals surface area contributed by atoms with E-state index in [0.717, 1.165) is 12.3 Å². The van der Waals surface area contributed by atoms with Gasteiger partial charge in [-0.3, -0.25) is 0 Å². The second kappa shape index (κ2) is 5.27. The van der Waals surface area contributed by atoms with Crippen molar-refractivity contribution in [1.29, 1.82) is 0 Å². The molecule has 2 unspecified atom stereocenters. The molecule has 3 heteroatoms. The molecular formula is C22H36N2O. The Bertz CT molecular complexity index is 615. The molecule has 1 spiro atoms. The molecule has 6 atom stereocenters. The summed E-state index contributed by atoms with van der Waals surface area (Å²) in [5, 5.41) is 6.13. The van der Waals surface area contributed by atoms with E-state index >= 15 is 0 Å². The smallest absolute Gasteiger partial charge is 0.314 e. The first-order valence-corrected chi connectivity index (χ1v) is 10.4. The number of nitrogens with one attached hydrogen (secondary N) is 2. The van der Waals surface area contributed by atoms with Crippen LogP contribution in [0.1, 0.15) is 78.6 Å². The van der Waals surface area contributed by atoms with Crippen LogP contribution in [0.4, 0.5) is 4.79 Å². The van der Waals surface area contributed by atoms with Crippen LogP contribution >= 0.6 is 0 Å². The van der Waals surface area contributed by atoms with Gasteiger partial charge in [-0.05, 0) is 86.4 Å². The highest BCUT2D eigenvalue weighted by Gasteiger charge is 2.65. The SMILES string of the molecule is C=C1C[C@]23CCC4[C@@](C)(CCC[C@@]4(C)NC(=O)NC)C2CC[C@@]1(C)C3. The van der Waals surface area contributed by atoms with Crippen molar-refractivity contribution in [3.8, 4) is 0 Å². The number of urea groups is 1. The van der Waals surface area contributed by atoms with Crippen molar-refractivity contribution in [2.45, 2.75) is 84.1 Å². The maximum Gasteiger partial charge on any atom is 0.314 e. The fourth-order valence-electron chi connectivity index (χ4n) is 8.15. The predicted octanol–water partition coefficient (Wildman–Crippen LogP) is 5.03. The highest BCUT2D eigenvalue weighted by molar-refractivity contribution is 5.74. The lowest BCUT2D eigenvalue weighted by molar-refractivity contribution is -0.136. The zero-order valence-electron chi connectivity index (χ0n) is 16.6. The molecule has 0 aromatic carbocycles. The molecule has 4 rings (SSSR count). The van der Waals surface area contributed by atoms with Crippen molar-refractivity contribution in [3.63, 3.8) is 0 Å². The number of amides is 2. The lowest BCUT2D eigenvalue weighted by Gasteiger charge is -2.64. The Morgan fingerprint density at radius 3 is 2.52 bits per heavy atom. The van der Waals surface area contributed by atoms with Crippen LogP contribution in [0.2, 0.25) is 0 Å². The first kappa shape index (κ1) is 17.4. The number of hydrogen-bond acceptors (Lipinski definition) is 1. The second-order valence-corrected chi connectivity index (χ2v) is 10.5. The van der Waals surface area contributed by atoms with Crippen molar-refractivity contribution >= 4 is 6.03 Å². The third kappa shape index (κ3) is 2.26. The Kier molecular flexibility index (Phi) is 3.67. The predicted molar refractivity (Wildman–Crippen MR) is 102 cm³/mol. The molecule has 0 saturated heterocycles. The first-order chi connectivity index (χ1) is 11.7. The molecule has 0 heterocycles. The van der Waals surface area contributed by atoms with E-state index in [2.05, 4.69) is 38.0 Å². The van der Waals surface area contributed by atoms with Gasteiger partial charge in [0.2, 0.25) is 0 Å². The van der Waals surface area contributed by atoms with E-state index in [1.165, 1.54) is 56.9 Å². The van der Waals surface area contributed by atoms with Crippen LogP contribution in [-0.4, -0.2) is 18.6 Å². The van der Waals surface area contributed by atoms with E-state index in [0.29, 0.717) is 22.2 Å². The number of carbonyl (C=O) groups excluding carboxylic acids is 1. The second-order valence-electron chi connectivity index (χ2n) is 10.5. The summed E-state index contributed by atoms with van der Waals surface area (Å²) in [4.78, 5) is 12.1. The minimum absolute atomic E-state index is 0.0162. The number of carbonyl (C=O) groups is 1. The van der Waals surface area contributed by atoms with Crippen LogP contribution in [0, 0.1) is 28.1 Å². The molecule has 4 saturated carbocycles. The summed E-state index contributed by atoms with van der Waals surface area (Å²) in [7, 11) is 1.72. The third-order valence-electron chi connectivity index (χ3n) is 9.22. The van der Waals surface area contributed by atoms with Gasteiger partial charge in [0, 0.05) is 12.6 Å². The summed E-state index contributed by atoms with van der Waals surface area (Å²) in [6.45, 7) is 11.8. The standard InChI is InChI=1S/C22H36N2O/c1-15-13-22-12-8-16-20(3,17(22)7-11-19(15,2)14-22)9-6-10-21(16,4)24-18(25)23-5/h16-17H,1,6-14H2,2-5H3,(H2,23,24,25)/t16?,17?,19-,20+,21+,22-/m0/s1. The first-order valence-electron chi connectivity index (χ1n) is 10.4. The summed E-state index contributed by atoms with van der Waals surface area (Å²) in [5.74, 6) is 1.40. The third-order valence-corrected chi connectivity index (χ3v) is 9.22. The normalized spacial score (nSPS) is 51.4. The number of fused-ring (bicyclic) bond motifs is 3. The van der Waals surface area contributed by atoms with Crippen LogP contribution in [0.5, 0.6) is 0 Å². The van der Waals surface area contributed by atoms with Gasteiger partial charge in [0.15, 0.2) is 0 Å². The topological polar surface area (TPSA) is 41.1 Å². The van der Waals surface area contributed by atoms with Gasteiger partial charge in [-0.25, -0.2) is 4.79 Å². The Balaban J connectivity index is 1.68. The minimum atomic E-state index is -0.0644. The van der Waals surface area contributed by atoms with E-state index in [9.17, 15) is 4.79 Å². The molecule has 140 valence electrons. The number of hydrogen-bond donors (Lipinski definition) is 2. The van der Waals surface area contributed by atoms with E-state index in [4.69, 9.17) is 0 Å². The summed E-state index contributed by atoms with van der Waals surface area (Å²) < 4.78 is 0. The maximum absolute atomic E-state index is 12.1. The Hall–Kier alpha value is -0.990. The van der Waals surface area contributed by atoms with Crippen LogP contribution < -0.4 is 10.6 Å². The van der Waals surface area contributed by atoms with Crippen molar-refractivity contribution in [3.05, 3.63) is 12.2 Å². The summed E-state index contributed by atoms with van der Waals surface area (Å²) in [5.41, 5.74) is 2.72. The molecule has 2 bridgehead atoms.